The molecule has 0 radical (unpaired) electrons. The van der Waals surface area contributed by atoms with Gasteiger partial charge >= 0.3 is 5.97 Å². The topological polar surface area (TPSA) is 66.4 Å². The fourth-order valence-corrected chi connectivity index (χ4v) is 2.13. The molecule has 0 bridgehead atoms. The number of benzene rings is 1. The zero-order valence-corrected chi connectivity index (χ0v) is 12.6. The maximum Gasteiger partial charge on any atom is 0.326 e. The molecule has 1 aromatic rings. The Labute approximate surface area is 124 Å². The lowest BCUT2D eigenvalue weighted by Crippen LogP contribution is -2.41. The first-order chi connectivity index (χ1) is 9.79. The second kappa shape index (κ2) is 7.76. The number of carboxylic acid groups (broad SMARTS) is 1. The quantitative estimate of drug-likeness (QED) is 0.812. The van der Waals surface area contributed by atoms with Crippen LogP contribution in [0.5, 0.6) is 0 Å². The van der Waals surface area contributed by atoms with Crippen molar-refractivity contribution in [2.24, 2.45) is 5.92 Å². The van der Waals surface area contributed by atoms with Crippen LogP contribution in [0.1, 0.15) is 45.1 Å². The Balaban J connectivity index is 2.59. The van der Waals surface area contributed by atoms with Crippen molar-refractivity contribution in [1.29, 1.82) is 0 Å². The first-order valence-electron chi connectivity index (χ1n) is 7.07. The third-order valence-electron chi connectivity index (χ3n) is 3.27. The van der Waals surface area contributed by atoms with Crippen molar-refractivity contribution < 1.29 is 19.1 Å². The summed E-state index contributed by atoms with van der Waals surface area (Å²) in [6, 6.07) is 5.11. The minimum Gasteiger partial charge on any atom is -0.480 e. The molecule has 116 valence electrons. The fraction of sp³-hybridized carbons (Fsp3) is 0.500. The summed E-state index contributed by atoms with van der Waals surface area (Å²) in [4.78, 5) is 23.0. The van der Waals surface area contributed by atoms with E-state index in [1.165, 1.54) is 12.1 Å². The van der Waals surface area contributed by atoms with Crippen LogP contribution in [-0.4, -0.2) is 23.0 Å². The number of amides is 1. The van der Waals surface area contributed by atoms with E-state index in [1.807, 2.05) is 20.8 Å². The molecule has 1 amide bonds. The van der Waals surface area contributed by atoms with Crippen LogP contribution in [0.4, 0.5) is 4.39 Å². The zero-order valence-electron chi connectivity index (χ0n) is 12.6. The second-order valence-corrected chi connectivity index (χ2v) is 5.74. The van der Waals surface area contributed by atoms with Crippen LogP contribution in [-0.2, 0) is 9.59 Å². The van der Waals surface area contributed by atoms with Gasteiger partial charge in [0.1, 0.15) is 11.9 Å². The van der Waals surface area contributed by atoms with Crippen molar-refractivity contribution in [3.05, 3.63) is 35.6 Å². The molecule has 0 aliphatic heterocycles. The van der Waals surface area contributed by atoms with Gasteiger partial charge in [-0.25, -0.2) is 9.18 Å². The van der Waals surface area contributed by atoms with Crippen LogP contribution < -0.4 is 5.32 Å². The van der Waals surface area contributed by atoms with Gasteiger partial charge in [-0.15, -0.1) is 0 Å². The number of aliphatic carboxylic acids is 1. The Morgan fingerprint density at radius 1 is 1.19 bits per heavy atom. The molecule has 4 nitrogen and oxygen atoms in total. The predicted molar refractivity (Wildman–Crippen MR) is 78.5 cm³/mol. The number of carboxylic acids is 1. The van der Waals surface area contributed by atoms with Gasteiger partial charge in [-0.2, -0.15) is 0 Å². The first-order valence-corrected chi connectivity index (χ1v) is 7.07. The van der Waals surface area contributed by atoms with Gasteiger partial charge in [-0.3, -0.25) is 4.79 Å². The number of hydrogen-bond donors (Lipinski definition) is 2. The number of hydrogen-bond acceptors (Lipinski definition) is 2. The molecule has 1 rings (SSSR count). The molecule has 0 aromatic heterocycles. The van der Waals surface area contributed by atoms with E-state index in [4.69, 9.17) is 5.11 Å². The lowest BCUT2D eigenvalue weighted by Gasteiger charge is -2.18. The van der Waals surface area contributed by atoms with Crippen molar-refractivity contribution in [1.82, 2.24) is 5.32 Å². The summed E-state index contributed by atoms with van der Waals surface area (Å²) in [5.74, 6) is -1.57. The Morgan fingerprint density at radius 2 is 1.76 bits per heavy atom. The van der Waals surface area contributed by atoms with Gasteiger partial charge in [-0.05, 0) is 36.0 Å². The Bertz CT molecular complexity index is 485. The van der Waals surface area contributed by atoms with Crippen LogP contribution in [0.25, 0.3) is 0 Å². The molecule has 5 heteroatoms. The molecular formula is C16H22FNO3. The molecule has 0 saturated heterocycles. The third-order valence-corrected chi connectivity index (χ3v) is 3.27. The van der Waals surface area contributed by atoms with E-state index in [1.54, 1.807) is 12.1 Å². The lowest BCUT2D eigenvalue weighted by molar-refractivity contribution is -0.142. The highest BCUT2D eigenvalue weighted by Gasteiger charge is 2.22. The summed E-state index contributed by atoms with van der Waals surface area (Å²) in [6.45, 7) is 5.66. The van der Waals surface area contributed by atoms with Crippen LogP contribution in [0, 0.1) is 11.7 Å². The monoisotopic (exact) mass is 295 g/mol. The molecule has 2 unspecified atom stereocenters. The van der Waals surface area contributed by atoms with Gasteiger partial charge in [0.2, 0.25) is 5.91 Å². The first kappa shape index (κ1) is 17.1. The van der Waals surface area contributed by atoms with Gasteiger partial charge < -0.3 is 10.4 Å². The minimum atomic E-state index is -1.02. The van der Waals surface area contributed by atoms with E-state index in [-0.39, 0.29) is 30.0 Å². The van der Waals surface area contributed by atoms with Crippen molar-refractivity contribution in [2.45, 2.75) is 45.6 Å². The average molecular weight is 295 g/mol. The molecule has 0 heterocycles. The van der Waals surface area contributed by atoms with E-state index in [0.717, 1.165) is 5.56 Å². The van der Waals surface area contributed by atoms with Crippen LogP contribution in [0.3, 0.4) is 0 Å². The van der Waals surface area contributed by atoms with Crippen molar-refractivity contribution >= 4 is 11.9 Å². The number of rotatable bonds is 7. The summed E-state index contributed by atoms with van der Waals surface area (Å²) >= 11 is 0. The van der Waals surface area contributed by atoms with Gasteiger partial charge in [0, 0.05) is 6.42 Å². The molecule has 21 heavy (non-hydrogen) atoms. The SMILES string of the molecule is CC(C)CC(NC(=O)CC(C)c1ccc(F)cc1)C(=O)O. The number of halogens is 1. The van der Waals surface area contributed by atoms with Crippen LogP contribution in [0.15, 0.2) is 24.3 Å². The maximum atomic E-state index is 12.9. The molecule has 0 spiro atoms. The Hall–Kier alpha value is -1.91. The van der Waals surface area contributed by atoms with E-state index >= 15 is 0 Å². The summed E-state index contributed by atoms with van der Waals surface area (Å²) in [5, 5.41) is 11.6. The Morgan fingerprint density at radius 3 is 2.24 bits per heavy atom. The normalized spacial score (nSPS) is 13.8. The van der Waals surface area contributed by atoms with Crippen LogP contribution >= 0.6 is 0 Å². The molecule has 0 aliphatic rings. The Kier molecular flexibility index (Phi) is 6.34. The fourth-order valence-electron chi connectivity index (χ4n) is 2.13. The predicted octanol–water partition coefficient (Wildman–Crippen LogP) is 2.93. The molecule has 1 aromatic carbocycles. The summed E-state index contributed by atoms with van der Waals surface area (Å²) in [6.07, 6.45) is 0.569. The van der Waals surface area contributed by atoms with Crippen molar-refractivity contribution in [2.75, 3.05) is 0 Å². The van der Waals surface area contributed by atoms with E-state index < -0.39 is 12.0 Å². The number of nitrogens with one attached hydrogen (secondary N) is 1. The number of carbonyl (C=O) groups is 2. The zero-order chi connectivity index (χ0) is 16.0. The highest BCUT2D eigenvalue weighted by Crippen LogP contribution is 2.19. The summed E-state index contributed by atoms with van der Waals surface area (Å²) in [5.41, 5.74) is 0.849. The molecule has 2 N–H and O–H groups in total. The van der Waals surface area contributed by atoms with Crippen molar-refractivity contribution in [3.8, 4) is 0 Å². The molecule has 2 atom stereocenters. The molecule has 0 saturated carbocycles. The number of carbonyl (C=O) groups excluding carboxylic acids is 1. The lowest BCUT2D eigenvalue weighted by atomic mass is 9.97. The largest absolute Gasteiger partial charge is 0.480 e. The summed E-state index contributed by atoms with van der Waals surface area (Å²) < 4.78 is 12.9. The second-order valence-electron chi connectivity index (χ2n) is 5.74. The molecular weight excluding hydrogens is 273 g/mol. The molecule has 0 fully saturated rings. The molecule has 0 aliphatic carbocycles. The van der Waals surface area contributed by atoms with Crippen molar-refractivity contribution in [3.63, 3.8) is 0 Å². The van der Waals surface area contributed by atoms with Crippen LogP contribution in [0.2, 0.25) is 0 Å². The van der Waals surface area contributed by atoms with E-state index in [9.17, 15) is 14.0 Å². The third kappa shape index (κ3) is 5.94. The highest BCUT2D eigenvalue weighted by molar-refractivity contribution is 5.83. The van der Waals surface area contributed by atoms with Gasteiger partial charge in [0.05, 0.1) is 0 Å². The van der Waals surface area contributed by atoms with Gasteiger partial charge in [0.25, 0.3) is 0 Å². The maximum absolute atomic E-state index is 12.9. The smallest absolute Gasteiger partial charge is 0.326 e. The standard InChI is InChI=1S/C16H22FNO3/c1-10(2)8-14(16(20)21)18-15(19)9-11(3)12-4-6-13(17)7-5-12/h4-7,10-11,14H,8-9H2,1-3H3,(H,18,19)(H,20,21). The van der Waals surface area contributed by atoms with Gasteiger partial charge in [-0.1, -0.05) is 32.9 Å². The summed E-state index contributed by atoms with van der Waals surface area (Å²) in [7, 11) is 0. The van der Waals surface area contributed by atoms with E-state index in [0.29, 0.717) is 6.42 Å². The van der Waals surface area contributed by atoms with E-state index in [2.05, 4.69) is 5.32 Å². The average Bonchev–Trinajstić information content (AvgIpc) is 2.37. The minimum absolute atomic E-state index is 0.0981. The van der Waals surface area contributed by atoms with Gasteiger partial charge in [0.15, 0.2) is 0 Å². The highest BCUT2D eigenvalue weighted by atomic mass is 19.1.